The number of carboxylic acid groups (broad SMARTS) is 1. The van der Waals surface area contributed by atoms with E-state index in [9.17, 15) is 9.90 Å². The van der Waals surface area contributed by atoms with Gasteiger partial charge in [-0.3, -0.25) is 10.1 Å². The molecule has 1 aromatic carbocycles. The molecule has 1 heterocycles. The number of aromatic nitrogens is 1. The minimum absolute atomic E-state index is 0.538. The summed E-state index contributed by atoms with van der Waals surface area (Å²) in [6, 6.07) is 8.58. The molecule has 1 saturated carbocycles. The molecule has 0 aliphatic heterocycles. The average Bonchev–Trinajstić information content (AvgIpc) is 2.86. The molecule has 0 saturated heterocycles. The number of hydrogen-bond acceptors (Lipinski definition) is 4. The second-order valence-corrected chi connectivity index (χ2v) is 6.50. The van der Waals surface area contributed by atoms with Crippen LogP contribution in [0.3, 0.4) is 0 Å². The van der Waals surface area contributed by atoms with Gasteiger partial charge in [-0.15, -0.1) is 11.3 Å². The molecule has 1 atom stereocenters. The monoisotopic (exact) mass is 302 g/mol. The van der Waals surface area contributed by atoms with Crippen molar-refractivity contribution in [2.45, 2.75) is 37.8 Å². The van der Waals surface area contributed by atoms with Gasteiger partial charge in [0.25, 0.3) is 0 Å². The van der Waals surface area contributed by atoms with E-state index < -0.39 is 12.0 Å². The number of benzene rings is 1. The van der Waals surface area contributed by atoms with Gasteiger partial charge in [0, 0.05) is 23.5 Å². The maximum Gasteiger partial charge on any atom is 0.325 e. The molecular weight excluding hydrogens is 284 g/mol. The van der Waals surface area contributed by atoms with Gasteiger partial charge in [-0.25, -0.2) is 4.98 Å². The van der Waals surface area contributed by atoms with Crippen molar-refractivity contribution in [1.29, 1.82) is 0 Å². The molecule has 3 rings (SSSR count). The van der Waals surface area contributed by atoms with Crippen LogP contribution in [0.5, 0.6) is 0 Å². The molecule has 21 heavy (non-hydrogen) atoms. The summed E-state index contributed by atoms with van der Waals surface area (Å²) >= 11 is 1.70. The molecule has 2 aromatic rings. The Labute approximate surface area is 127 Å². The highest BCUT2D eigenvalue weighted by Gasteiger charge is 2.23. The van der Waals surface area contributed by atoms with Crippen molar-refractivity contribution in [1.82, 2.24) is 10.3 Å². The Kier molecular flexibility index (Phi) is 4.31. The maximum absolute atomic E-state index is 11.4. The van der Waals surface area contributed by atoms with Crippen LogP contribution >= 0.6 is 11.3 Å². The molecular formula is C16H18N2O2S. The summed E-state index contributed by atoms with van der Waals surface area (Å²) < 4.78 is 0. The highest BCUT2D eigenvalue weighted by molar-refractivity contribution is 7.11. The number of hydrogen-bond donors (Lipinski definition) is 2. The molecule has 1 fully saturated rings. The van der Waals surface area contributed by atoms with Gasteiger partial charge in [0.05, 0.1) is 5.01 Å². The lowest BCUT2D eigenvalue weighted by atomic mass is 9.86. The van der Waals surface area contributed by atoms with Crippen molar-refractivity contribution in [3.05, 3.63) is 52.0 Å². The van der Waals surface area contributed by atoms with Gasteiger partial charge in [0.15, 0.2) is 0 Å². The Hall–Kier alpha value is -1.72. The zero-order valence-electron chi connectivity index (χ0n) is 11.7. The number of rotatable bonds is 6. The van der Waals surface area contributed by atoms with Gasteiger partial charge in [-0.2, -0.15) is 0 Å². The maximum atomic E-state index is 11.4. The van der Waals surface area contributed by atoms with Crippen molar-refractivity contribution < 1.29 is 9.90 Å². The molecule has 1 aliphatic rings. The third-order valence-corrected chi connectivity index (χ3v) is 5.05. The molecule has 2 N–H and O–H groups in total. The van der Waals surface area contributed by atoms with Crippen molar-refractivity contribution >= 4 is 17.3 Å². The van der Waals surface area contributed by atoms with Gasteiger partial charge >= 0.3 is 5.97 Å². The van der Waals surface area contributed by atoms with Crippen LogP contribution in [0.4, 0.5) is 0 Å². The minimum Gasteiger partial charge on any atom is -0.480 e. The highest BCUT2D eigenvalue weighted by Crippen LogP contribution is 2.38. The Balaban J connectivity index is 1.64. The molecule has 0 amide bonds. The molecule has 5 heteroatoms. The van der Waals surface area contributed by atoms with E-state index in [1.165, 1.54) is 24.3 Å². The van der Waals surface area contributed by atoms with Gasteiger partial charge < -0.3 is 5.11 Å². The first-order valence-electron chi connectivity index (χ1n) is 7.20. The lowest BCUT2D eigenvalue weighted by Gasteiger charge is -2.22. The summed E-state index contributed by atoms with van der Waals surface area (Å²) in [4.78, 5) is 17.0. The van der Waals surface area contributed by atoms with E-state index in [0.29, 0.717) is 12.5 Å². The fourth-order valence-electron chi connectivity index (χ4n) is 2.44. The fourth-order valence-corrected chi connectivity index (χ4v) is 3.48. The number of nitrogens with one attached hydrogen (secondary N) is 1. The van der Waals surface area contributed by atoms with Crippen molar-refractivity contribution in [2.24, 2.45) is 0 Å². The summed E-state index contributed by atoms with van der Waals surface area (Å²) in [7, 11) is 0. The van der Waals surface area contributed by atoms with Crippen LogP contribution in [0.25, 0.3) is 0 Å². The Morgan fingerprint density at radius 1 is 1.38 bits per heavy atom. The summed E-state index contributed by atoms with van der Waals surface area (Å²) in [6.45, 7) is 0.538. The third kappa shape index (κ3) is 3.31. The van der Waals surface area contributed by atoms with Crippen molar-refractivity contribution in [3.63, 3.8) is 0 Å². The number of carbonyl (C=O) groups is 1. The molecule has 0 radical (unpaired) electrons. The van der Waals surface area contributed by atoms with Crippen LogP contribution < -0.4 is 5.32 Å². The van der Waals surface area contributed by atoms with Gasteiger partial charge in [0.1, 0.15) is 6.04 Å². The van der Waals surface area contributed by atoms with Gasteiger partial charge in [-0.05, 0) is 18.4 Å². The summed E-state index contributed by atoms with van der Waals surface area (Å²) in [6.07, 6.45) is 5.65. The van der Waals surface area contributed by atoms with E-state index in [0.717, 1.165) is 10.4 Å². The second-order valence-electron chi connectivity index (χ2n) is 5.36. The first-order chi connectivity index (χ1) is 10.2. The number of thiazole rings is 1. The number of carboxylic acids is 1. The first kappa shape index (κ1) is 14.2. The van der Waals surface area contributed by atoms with Crippen LogP contribution in [-0.4, -0.2) is 16.1 Å². The van der Waals surface area contributed by atoms with Crippen molar-refractivity contribution in [3.8, 4) is 0 Å². The third-order valence-electron chi connectivity index (χ3n) is 3.89. The van der Waals surface area contributed by atoms with E-state index in [2.05, 4.69) is 10.3 Å². The zero-order valence-corrected chi connectivity index (χ0v) is 12.5. The second kappa shape index (κ2) is 6.37. The molecule has 0 unspecified atom stereocenters. The largest absolute Gasteiger partial charge is 0.480 e. The SMILES string of the molecule is O=C(O)[C@@H](NCc1cnc(C2CCC2)s1)c1ccccc1. The van der Waals surface area contributed by atoms with Crippen LogP contribution in [0.15, 0.2) is 36.5 Å². The standard InChI is InChI=1S/C16H18N2O2S/c19-16(20)14(11-5-2-1-3-6-11)17-9-13-10-18-15(21-13)12-7-4-8-12/h1-3,5-6,10,12,14,17H,4,7-9H2,(H,19,20)/t14-/m0/s1. The molecule has 0 spiro atoms. The quantitative estimate of drug-likeness (QED) is 0.859. The molecule has 1 aromatic heterocycles. The predicted octanol–water partition coefficient (Wildman–Crippen LogP) is 3.33. The van der Waals surface area contributed by atoms with Crippen molar-refractivity contribution in [2.75, 3.05) is 0 Å². The first-order valence-corrected chi connectivity index (χ1v) is 8.01. The summed E-state index contributed by atoms with van der Waals surface area (Å²) in [5.74, 6) is -0.224. The smallest absolute Gasteiger partial charge is 0.325 e. The Bertz CT molecular complexity index is 608. The normalized spacial score (nSPS) is 16.4. The van der Waals surface area contributed by atoms with Gasteiger partial charge in [-0.1, -0.05) is 36.8 Å². The lowest BCUT2D eigenvalue weighted by Crippen LogP contribution is -2.27. The van der Waals surface area contributed by atoms with E-state index in [1.54, 1.807) is 11.3 Å². The van der Waals surface area contributed by atoms with Crippen LogP contribution in [0.1, 0.15) is 46.7 Å². The van der Waals surface area contributed by atoms with E-state index in [4.69, 9.17) is 0 Å². The Morgan fingerprint density at radius 2 is 2.14 bits per heavy atom. The zero-order chi connectivity index (χ0) is 14.7. The summed E-state index contributed by atoms with van der Waals surface area (Å²) in [5.41, 5.74) is 0.772. The average molecular weight is 302 g/mol. The fraction of sp³-hybridized carbons (Fsp3) is 0.375. The van der Waals surface area contributed by atoms with E-state index in [-0.39, 0.29) is 0 Å². The van der Waals surface area contributed by atoms with Crippen LogP contribution in [0.2, 0.25) is 0 Å². The van der Waals surface area contributed by atoms with E-state index in [1.807, 2.05) is 36.5 Å². The van der Waals surface area contributed by atoms with E-state index >= 15 is 0 Å². The van der Waals surface area contributed by atoms with Crippen LogP contribution in [0, 0.1) is 0 Å². The van der Waals surface area contributed by atoms with Crippen LogP contribution in [-0.2, 0) is 11.3 Å². The molecule has 110 valence electrons. The highest BCUT2D eigenvalue weighted by atomic mass is 32.1. The topological polar surface area (TPSA) is 62.2 Å². The number of nitrogens with zero attached hydrogens (tertiary/aromatic N) is 1. The Morgan fingerprint density at radius 3 is 2.76 bits per heavy atom. The predicted molar refractivity (Wildman–Crippen MR) is 82.4 cm³/mol. The molecule has 1 aliphatic carbocycles. The number of aliphatic carboxylic acids is 1. The lowest BCUT2D eigenvalue weighted by molar-refractivity contribution is -0.139. The minimum atomic E-state index is -0.857. The summed E-state index contributed by atoms with van der Waals surface area (Å²) in [5, 5.41) is 13.7. The molecule has 0 bridgehead atoms. The molecule has 4 nitrogen and oxygen atoms in total. The van der Waals surface area contributed by atoms with Gasteiger partial charge in [0.2, 0.25) is 0 Å².